The van der Waals surface area contributed by atoms with E-state index in [0.717, 1.165) is 51.6 Å². The number of Topliss-reactive ketones (excluding diaryl/α,β-unsaturated/α-hetero) is 1. The highest BCUT2D eigenvalue weighted by Crippen LogP contribution is 2.71. The number of carbonyl (C=O) groups is 2. The highest BCUT2D eigenvalue weighted by molar-refractivity contribution is 5.89. The van der Waals surface area contributed by atoms with E-state index in [4.69, 9.17) is 14.2 Å². The molecule has 12 atom stereocenters. The number of ketones is 1. The predicted molar refractivity (Wildman–Crippen MR) is 129 cm³/mol. The van der Waals surface area contributed by atoms with E-state index >= 15 is 0 Å². The minimum Gasteiger partial charge on any atom is -0.462 e. The first-order valence-electron chi connectivity index (χ1n) is 14.2. The Morgan fingerprint density at radius 1 is 1.09 bits per heavy atom. The number of aliphatic hydroxyl groups is 1. The molecule has 6 fully saturated rings. The van der Waals surface area contributed by atoms with E-state index in [0.29, 0.717) is 41.9 Å². The molecule has 2 aliphatic heterocycles. The molecule has 1 spiro atoms. The molecule has 0 aromatic carbocycles. The van der Waals surface area contributed by atoms with Gasteiger partial charge in [-0.3, -0.25) is 9.59 Å². The Kier molecular flexibility index (Phi) is 5.41. The van der Waals surface area contributed by atoms with Crippen LogP contribution in [0.2, 0.25) is 0 Å². The van der Waals surface area contributed by atoms with Crippen LogP contribution in [0.3, 0.4) is 0 Å². The van der Waals surface area contributed by atoms with Crippen LogP contribution in [0.5, 0.6) is 0 Å². The van der Waals surface area contributed by atoms with Crippen molar-refractivity contribution in [3.8, 4) is 0 Å². The van der Waals surface area contributed by atoms with Gasteiger partial charge in [-0.25, -0.2) is 0 Å². The second kappa shape index (κ2) is 7.77. The summed E-state index contributed by atoms with van der Waals surface area (Å²) in [6.07, 6.45) is 7.30. The van der Waals surface area contributed by atoms with Crippen LogP contribution in [0.4, 0.5) is 0 Å². The van der Waals surface area contributed by atoms with Gasteiger partial charge in [0.2, 0.25) is 0 Å². The average molecular weight is 489 g/mol. The zero-order valence-electron chi connectivity index (χ0n) is 22.2. The minimum atomic E-state index is -1.39. The van der Waals surface area contributed by atoms with Gasteiger partial charge in [-0.05, 0) is 73.5 Å². The molecule has 0 amide bonds. The summed E-state index contributed by atoms with van der Waals surface area (Å²) < 4.78 is 18.7. The van der Waals surface area contributed by atoms with Gasteiger partial charge in [0.1, 0.15) is 11.7 Å². The number of carbonyl (C=O) groups excluding carboxylic acids is 2. The first-order valence-corrected chi connectivity index (χ1v) is 14.2. The SMILES string of the molecule is CC(=O)O[C@@H]1CC[C@]2(C)C3CC[C@@]4(C)C(C[C@@H]5O[C@]6(CC[C@@H](C)CO6)[C@@H](C)C54)[C@@H]3CC(=O)[C@@]2(O)C1. The lowest BCUT2D eigenvalue weighted by atomic mass is 9.42. The van der Waals surface area contributed by atoms with Gasteiger partial charge in [0.25, 0.3) is 0 Å². The number of hydrogen-bond acceptors (Lipinski definition) is 6. The summed E-state index contributed by atoms with van der Waals surface area (Å²) in [6, 6.07) is 0. The van der Waals surface area contributed by atoms with Crippen molar-refractivity contribution in [1.29, 1.82) is 0 Å². The Morgan fingerprint density at radius 2 is 1.86 bits per heavy atom. The predicted octanol–water partition coefficient (Wildman–Crippen LogP) is 4.66. The van der Waals surface area contributed by atoms with Crippen molar-refractivity contribution in [2.75, 3.05) is 6.61 Å². The van der Waals surface area contributed by atoms with E-state index in [1.165, 1.54) is 6.92 Å². The fraction of sp³-hybridized carbons (Fsp3) is 0.931. The summed E-state index contributed by atoms with van der Waals surface area (Å²) >= 11 is 0. The molecule has 2 saturated heterocycles. The summed E-state index contributed by atoms with van der Waals surface area (Å²) in [7, 11) is 0. The van der Waals surface area contributed by atoms with Crippen LogP contribution in [-0.4, -0.2) is 47.1 Å². The van der Waals surface area contributed by atoms with Crippen molar-refractivity contribution in [3.63, 3.8) is 0 Å². The van der Waals surface area contributed by atoms with Gasteiger partial charge < -0.3 is 19.3 Å². The van der Waals surface area contributed by atoms with Crippen molar-refractivity contribution in [3.05, 3.63) is 0 Å². The quantitative estimate of drug-likeness (QED) is 0.541. The Hall–Kier alpha value is -0.980. The average Bonchev–Trinajstić information content (AvgIpc) is 3.23. The monoisotopic (exact) mass is 488 g/mol. The third kappa shape index (κ3) is 3.18. The topological polar surface area (TPSA) is 82.1 Å². The van der Waals surface area contributed by atoms with Gasteiger partial charge >= 0.3 is 5.97 Å². The second-order valence-electron chi connectivity index (χ2n) is 13.8. The third-order valence-corrected chi connectivity index (χ3v) is 12.2. The maximum Gasteiger partial charge on any atom is 0.302 e. The molecule has 35 heavy (non-hydrogen) atoms. The molecule has 6 rings (SSSR count). The van der Waals surface area contributed by atoms with Crippen LogP contribution in [0, 0.1) is 46.3 Å². The molecule has 196 valence electrons. The number of rotatable bonds is 1. The summed E-state index contributed by atoms with van der Waals surface area (Å²) in [5.41, 5.74) is -1.71. The van der Waals surface area contributed by atoms with Gasteiger partial charge in [0, 0.05) is 37.5 Å². The first kappa shape index (κ1) is 24.4. The van der Waals surface area contributed by atoms with E-state index in [1.54, 1.807) is 0 Å². The van der Waals surface area contributed by atoms with Crippen molar-refractivity contribution in [2.24, 2.45) is 46.3 Å². The van der Waals surface area contributed by atoms with E-state index in [-0.39, 0.29) is 35.8 Å². The lowest BCUT2D eigenvalue weighted by Crippen LogP contribution is -2.67. The molecule has 1 N–H and O–H groups in total. The van der Waals surface area contributed by atoms with Gasteiger partial charge in [0.15, 0.2) is 11.6 Å². The molecule has 0 bridgehead atoms. The number of fused-ring (bicyclic) bond motifs is 7. The zero-order valence-corrected chi connectivity index (χ0v) is 22.2. The second-order valence-corrected chi connectivity index (χ2v) is 13.8. The summed E-state index contributed by atoms with van der Waals surface area (Å²) in [6.45, 7) is 11.4. The molecule has 6 nitrogen and oxygen atoms in total. The first-order chi connectivity index (χ1) is 16.4. The smallest absolute Gasteiger partial charge is 0.302 e. The van der Waals surface area contributed by atoms with E-state index in [9.17, 15) is 14.7 Å². The van der Waals surface area contributed by atoms with E-state index in [2.05, 4.69) is 27.7 Å². The molecule has 4 aliphatic carbocycles. The van der Waals surface area contributed by atoms with Crippen molar-refractivity contribution >= 4 is 11.8 Å². The van der Waals surface area contributed by atoms with Crippen LogP contribution in [-0.2, 0) is 23.8 Å². The molecular weight excluding hydrogens is 444 g/mol. The van der Waals surface area contributed by atoms with E-state index < -0.39 is 16.8 Å². The van der Waals surface area contributed by atoms with Crippen LogP contribution in [0.25, 0.3) is 0 Å². The molecule has 0 radical (unpaired) electrons. The molecule has 6 heteroatoms. The molecule has 2 heterocycles. The highest BCUT2D eigenvalue weighted by atomic mass is 16.7. The Morgan fingerprint density at radius 3 is 2.54 bits per heavy atom. The van der Waals surface area contributed by atoms with Crippen LogP contribution >= 0.6 is 0 Å². The normalized spacial score (nSPS) is 57.3. The molecule has 6 aliphatic rings. The largest absolute Gasteiger partial charge is 0.462 e. The fourth-order valence-electron chi connectivity index (χ4n) is 10.4. The number of esters is 1. The summed E-state index contributed by atoms with van der Waals surface area (Å²) in [5.74, 6) is 1.68. The Labute approximate surface area is 209 Å². The highest BCUT2D eigenvalue weighted by Gasteiger charge is 2.72. The standard InChI is InChI=1S/C29H44O6/c1-16-6-11-29(33-15-16)17(2)25-23(35-29)13-22-20-12-24(31)28(32)14-19(34-18(3)30)7-10-27(28,5)21(20)8-9-26(22,25)4/h16-17,19-23,25,32H,6-15H2,1-5H3/t16-,17+,19-,20-,21?,22?,23+,25?,26+,27-,28+,29-/m1/s1. The minimum absolute atomic E-state index is 0.0329. The van der Waals surface area contributed by atoms with Crippen LogP contribution < -0.4 is 0 Å². The fourth-order valence-corrected chi connectivity index (χ4v) is 10.4. The molecule has 3 unspecified atom stereocenters. The Bertz CT molecular complexity index is 909. The molecular formula is C29H44O6. The summed E-state index contributed by atoms with van der Waals surface area (Å²) in [4.78, 5) is 25.2. The maximum atomic E-state index is 13.7. The molecule has 4 saturated carbocycles. The summed E-state index contributed by atoms with van der Waals surface area (Å²) in [5, 5.41) is 11.9. The van der Waals surface area contributed by atoms with E-state index in [1.807, 2.05) is 0 Å². The lowest BCUT2D eigenvalue weighted by Gasteiger charge is -2.63. The van der Waals surface area contributed by atoms with Crippen LogP contribution in [0.15, 0.2) is 0 Å². The number of hydrogen-bond donors (Lipinski definition) is 1. The maximum absolute atomic E-state index is 13.7. The third-order valence-electron chi connectivity index (χ3n) is 12.2. The molecule has 0 aromatic heterocycles. The number of ether oxygens (including phenoxy) is 3. The zero-order chi connectivity index (χ0) is 25.0. The van der Waals surface area contributed by atoms with Gasteiger partial charge in [-0.15, -0.1) is 0 Å². The Balaban J connectivity index is 1.26. The van der Waals surface area contributed by atoms with Crippen LogP contribution in [0.1, 0.15) is 92.4 Å². The van der Waals surface area contributed by atoms with Crippen molar-refractivity contribution < 1.29 is 28.9 Å². The van der Waals surface area contributed by atoms with Crippen molar-refractivity contribution in [2.45, 2.75) is 116 Å². The lowest BCUT2D eigenvalue weighted by molar-refractivity contribution is -0.273. The van der Waals surface area contributed by atoms with Gasteiger partial charge in [-0.2, -0.15) is 0 Å². The van der Waals surface area contributed by atoms with Gasteiger partial charge in [-0.1, -0.05) is 27.7 Å². The van der Waals surface area contributed by atoms with Crippen molar-refractivity contribution in [1.82, 2.24) is 0 Å². The molecule has 0 aromatic rings. The van der Waals surface area contributed by atoms with Gasteiger partial charge in [0.05, 0.1) is 12.7 Å².